The quantitative estimate of drug-likeness (QED) is 0.769. The van der Waals surface area contributed by atoms with E-state index in [2.05, 4.69) is 24.1 Å². The molecule has 0 aromatic heterocycles. The summed E-state index contributed by atoms with van der Waals surface area (Å²) in [5.41, 5.74) is 0.499. The first-order chi connectivity index (χ1) is 8.70. The van der Waals surface area contributed by atoms with Crippen LogP contribution >= 0.6 is 0 Å². The fraction of sp³-hybridized carbons (Fsp3) is 1.00. The Hall–Kier alpha value is -0.0800. The Morgan fingerprint density at radius 1 is 1.06 bits per heavy atom. The van der Waals surface area contributed by atoms with Crippen molar-refractivity contribution >= 4 is 0 Å². The van der Waals surface area contributed by atoms with E-state index in [9.17, 15) is 0 Å². The Morgan fingerprint density at radius 3 is 2.61 bits per heavy atom. The smallest absolute Gasteiger partial charge is 0.0309 e. The third-order valence-electron chi connectivity index (χ3n) is 6.10. The molecular formula is C16H30N2. The Bertz CT molecular complexity index is 283. The summed E-state index contributed by atoms with van der Waals surface area (Å²) in [5, 5.41) is 3.85. The largest absolute Gasteiger partial charge is 0.309 e. The highest BCUT2D eigenvalue weighted by molar-refractivity contribution is 5.00. The van der Waals surface area contributed by atoms with Crippen molar-refractivity contribution in [3.63, 3.8) is 0 Å². The number of nitrogens with one attached hydrogen (secondary N) is 1. The Balaban J connectivity index is 1.68. The van der Waals surface area contributed by atoms with Gasteiger partial charge in [0, 0.05) is 31.2 Å². The summed E-state index contributed by atoms with van der Waals surface area (Å²) in [7, 11) is 0. The van der Waals surface area contributed by atoms with Crippen molar-refractivity contribution in [3.05, 3.63) is 0 Å². The van der Waals surface area contributed by atoms with E-state index in [1.165, 1.54) is 64.6 Å². The second-order valence-electron chi connectivity index (χ2n) is 7.22. The lowest BCUT2D eigenvalue weighted by molar-refractivity contribution is 0.0327. The topological polar surface area (TPSA) is 15.3 Å². The van der Waals surface area contributed by atoms with Crippen LogP contribution < -0.4 is 5.32 Å². The molecule has 3 atom stereocenters. The lowest BCUT2D eigenvalue weighted by Gasteiger charge is -2.49. The van der Waals surface area contributed by atoms with Crippen LogP contribution in [0.25, 0.3) is 0 Å². The lowest BCUT2D eigenvalue weighted by atomic mass is 9.76. The van der Waals surface area contributed by atoms with Gasteiger partial charge in [0.1, 0.15) is 0 Å². The Labute approximate surface area is 113 Å². The highest BCUT2D eigenvalue weighted by Crippen LogP contribution is 2.37. The summed E-state index contributed by atoms with van der Waals surface area (Å²) in [5.74, 6) is 1.83. The van der Waals surface area contributed by atoms with Crippen molar-refractivity contribution in [2.75, 3.05) is 19.6 Å². The van der Waals surface area contributed by atoms with Crippen molar-refractivity contribution in [3.8, 4) is 0 Å². The maximum atomic E-state index is 3.85. The van der Waals surface area contributed by atoms with E-state index in [4.69, 9.17) is 0 Å². The molecule has 3 fully saturated rings. The van der Waals surface area contributed by atoms with Crippen LogP contribution in [0.15, 0.2) is 0 Å². The molecule has 2 nitrogen and oxygen atoms in total. The molecule has 18 heavy (non-hydrogen) atoms. The Kier molecular flexibility index (Phi) is 3.68. The molecule has 1 aliphatic heterocycles. The van der Waals surface area contributed by atoms with Gasteiger partial charge in [0.25, 0.3) is 0 Å². The highest BCUT2D eigenvalue weighted by Gasteiger charge is 2.41. The van der Waals surface area contributed by atoms with E-state index >= 15 is 0 Å². The molecule has 1 spiro atoms. The van der Waals surface area contributed by atoms with Crippen molar-refractivity contribution in [1.82, 2.24) is 10.2 Å². The molecule has 1 N–H and O–H groups in total. The third-order valence-corrected chi connectivity index (χ3v) is 6.10. The zero-order chi connectivity index (χ0) is 12.6. The van der Waals surface area contributed by atoms with Gasteiger partial charge >= 0.3 is 0 Å². The molecule has 3 rings (SSSR count). The molecule has 3 aliphatic rings. The number of hydrogen-bond acceptors (Lipinski definition) is 2. The summed E-state index contributed by atoms with van der Waals surface area (Å²) in [6, 6.07) is 0.869. The lowest BCUT2D eigenvalue weighted by Crippen LogP contribution is -2.62. The summed E-state index contributed by atoms with van der Waals surface area (Å²) in [4.78, 5) is 2.85. The van der Waals surface area contributed by atoms with Gasteiger partial charge in [-0.05, 0) is 31.1 Å². The van der Waals surface area contributed by atoms with Crippen LogP contribution in [0.2, 0.25) is 0 Å². The molecule has 2 aliphatic carbocycles. The van der Waals surface area contributed by atoms with E-state index < -0.39 is 0 Å². The number of piperazine rings is 1. The zero-order valence-electron chi connectivity index (χ0n) is 12.3. The SMILES string of the molecule is CC1CCCC(N2CCNC3(CCCC3)C2)C1C. The third kappa shape index (κ3) is 2.34. The van der Waals surface area contributed by atoms with Gasteiger partial charge in [0.15, 0.2) is 0 Å². The number of rotatable bonds is 1. The molecule has 1 saturated heterocycles. The summed E-state index contributed by atoms with van der Waals surface area (Å²) >= 11 is 0. The standard InChI is InChI=1S/C16H30N2/c1-13-6-5-7-15(14(13)2)18-11-10-17-16(12-18)8-3-4-9-16/h13-15,17H,3-12H2,1-2H3. The van der Waals surface area contributed by atoms with Crippen LogP contribution in [0.5, 0.6) is 0 Å². The Morgan fingerprint density at radius 2 is 1.83 bits per heavy atom. The molecule has 0 aromatic rings. The first-order valence-electron chi connectivity index (χ1n) is 8.19. The van der Waals surface area contributed by atoms with E-state index in [-0.39, 0.29) is 0 Å². The molecule has 0 amide bonds. The average molecular weight is 250 g/mol. The molecule has 104 valence electrons. The summed E-state index contributed by atoms with van der Waals surface area (Å²) in [6.07, 6.45) is 10.1. The van der Waals surface area contributed by atoms with E-state index in [0.717, 1.165) is 17.9 Å². The van der Waals surface area contributed by atoms with Crippen LogP contribution in [0.4, 0.5) is 0 Å². The maximum absolute atomic E-state index is 3.85. The second kappa shape index (κ2) is 5.13. The molecule has 2 heteroatoms. The van der Waals surface area contributed by atoms with Gasteiger partial charge < -0.3 is 5.32 Å². The number of nitrogens with zero attached hydrogens (tertiary/aromatic N) is 1. The van der Waals surface area contributed by atoms with Crippen LogP contribution in [0.3, 0.4) is 0 Å². The fourth-order valence-electron chi connectivity index (χ4n) is 4.73. The van der Waals surface area contributed by atoms with Crippen molar-refractivity contribution in [2.45, 2.75) is 70.4 Å². The van der Waals surface area contributed by atoms with Crippen LogP contribution in [-0.2, 0) is 0 Å². The zero-order valence-corrected chi connectivity index (χ0v) is 12.3. The molecule has 0 radical (unpaired) electrons. The normalized spacial score (nSPS) is 41.3. The van der Waals surface area contributed by atoms with Crippen LogP contribution in [0.1, 0.15) is 58.8 Å². The van der Waals surface area contributed by atoms with E-state index in [1.807, 2.05) is 0 Å². The summed E-state index contributed by atoms with van der Waals surface area (Å²) in [6.45, 7) is 8.79. The van der Waals surface area contributed by atoms with Crippen molar-refractivity contribution in [1.29, 1.82) is 0 Å². The minimum absolute atomic E-state index is 0.499. The number of hydrogen-bond donors (Lipinski definition) is 1. The van der Waals surface area contributed by atoms with Gasteiger partial charge in [0.2, 0.25) is 0 Å². The molecule has 0 aromatic carbocycles. The molecule has 0 bridgehead atoms. The molecular weight excluding hydrogens is 220 g/mol. The summed E-state index contributed by atoms with van der Waals surface area (Å²) < 4.78 is 0. The maximum Gasteiger partial charge on any atom is 0.0309 e. The fourth-order valence-corrected chi connectivity index (χ4v) is 4.73. The monoisotopic (exact) mass is 250 g/mol. The highest BCUT2D eigenvalue weighted by atomic mass is 15.2. The van der Waals surface area contributed by atoms with Gasteiger partial charge in [0.05, 0.1) is 0 Å². The first-order valence-corrected chi connectivity index (χ1v) is 8.19. The van der Waals surface area contributed by atoms with E-state index in [0.29, 0.717) is 5.54 Å². The van der Waals surface area contributed by atoms with Crippen LogP contribution in [-0.4, -0.2) is 36.1 Å². The second-order valence-corrected chi connectivity index (χ2v) is 7.22. The van der Waals surface area contributed by atoms with Gasteiger partial charge in [-0.2, -0.15) is 0 Å². The predicted octanol–water partition coefficient (Wildman–Crippen LogP) is 3.03. The van der Waals surface area contributed by atoms with Gasteiger partial charge in [-0.1, -0.05) is 39.5 Å². The van der Waals surface area contributed by atoms with Crippen LogP contribution in [0, 0.1) is 11.8 Å². The van der Waals surface area contributed by atoms with Gasteiger partial charge in [-0.15, -0.1) is 0 Å². The minimum Gasteiger partial charge on any atom is -0.309 e. The molecule has 1 heterocycles. The van der Waals surface area contributed by atoms with Gasteiger partial charge in [-0.25, -0.2) is 0 Å². The van der Waals surface area contributed by atoms with Gasteiger partial charge in [-0.3, -0.25) is 4.90 Å². The van der Waals surface area contributed by atoms with Crippen molar-refractivity contribution < 1.29 is 0 Å². The predicted molar refractivity (Wildman–Crippen MR) is 76.7 cm³/mol. The molecule has 2 saturated carbocycles. The average Bonchev–Trinajstić information content (AvgIpc) is 2.81. The molecule has 3 unspecified atom stereocenters. The van der Waals surface area contributed by atoms with E-state index in [1.54, 1.807) is 0 Å². The minimum atomic E-state index is 0.499. The first kappa shape index (κ1) is 12.9. The van der Waals surface area contributed by atoms with Crippen molar-refractivity contribution in [2.24, 2.45) is 11.8 Å².